The average molecular weight is 455 g/mol. The molecule has 0 saturated carbocycles. The van der Waals surface area contributed by atoms with Gasteiger partial charge in [0.1, 0.15) is 12.4 Å². The lowest BCUT2D eigenvalue weighted by molar-refractivity contribution is -0.118. The summed E-state index contributed by atoms with van der Waals surface area (Å²) in [5, 5.41) is 8.10. The van der Waals surface area contributed by atoms with Gasteiger partial charge in [0.2, 0.25) is 5.91 Å². The van der Waals surface area contributed by atoms with Crippen molar-refractivity contribution in [1.82, 2.24) is 14.7 Å². The molecule has 1 aromatic heterocycles. The number of nitrogens with zero attached hydrogens (tertiary/aromatic N) is 3. The zero-order valence-corrected chi connectivity index (χ0v) is 18.8. The maximum Gasteiger partial charge on any atom is 0.239 e. The number of carbonyl (C=O) groups is 1. The van der Waals surface area contributed by atoms with Crippen LogP contribution in [0.5, 0.6) is 5.75 Å². The Morgan fingerprint density at radius 1 is 1.16 bits per heavy atom. The van der Waals surface area contributed by atoms with Gasteiger partial charge in [-0.15, -0.1) is 0 Å². The molecule has 2 heterocycles. The van der Waals surface area contributed by atoms with E-state index in [0.717, 1.165) is 35.7 Å². The Kier molecular flexibility index (Phi) is 7.42. The fourth-order valence-corrected chi connectivity index (χ4v) is 3.78. The summed E-state index contributed by atoms with van der Waals surface area (Å²) in [7, 11) is 0. The van der Waals surface area contributed by atoms with Crippen LogP contribution in [0.25, 0.3) is 0 Å². The number of amides is 1. The van der Waals surface area contributed by atoms with E-state index in [4.69, 9.17) is 21.1 Å². The Morgan fingerprint density at radius 2 is 1.94 bits per heavy atom. The molecule has 0 atom stereocenters. The molecule has 1 N–H and O–H groups in total. The zero-order chi connectivity index (χ0) is 22.3. The lowest BCUT2D eigenvalue weighted by Gasteiger charge is -2.25. The molecule has 32 heavy (non-hydrogen) atoms. The summed E-state index contributed by atoms with van der Waals surface area (Å²) in [4.78, 5) is 14.5. The van der Waals surface area contributed by atoms with Gasteiger partial charge in [0, 0.05) is 35.4 Å². The van der Waals surface area contributed by atoms with Crippen LogP contribution >= 0.6 is 11.6 Å². The SMILES string of the molecule is Cc1cc(NC(=O)CN2CCOCC2)nn1Cc1cc(Cl)ccc1OCc1ccccc1. The molecule has 3 aromatic rings. The second-order valence-corrected chi connectivity index (χ2v) is 8.23. The number of aromatic nitrogens is 2. The molecule has 1 aliphatic rings. The Morgan fingerprint density at radius 3 is 2.72 bits per heavy atom. The lowest BCUT2D eigenvalue weighted by Crippen LogP contribution is -2.41. The molecule has 1 fully saturated rings. The van der Waals surface area contributed by atoms with Gasteiger partial charge in [-0.05, 0) is 30.7 Å². The van der Waals surface area contributed by atoms with Crippen molar-refractivity contribution in [3.8, 4) is 5.75 Å². The van der Waals surface area contributed by atoms with Crippen molar-refractivity contribution in [1.29, 1.82) is 0 Å². The van der Waals surface area contributed by atoms with Crippen molar-refractivity contribution in [3.05, 3.63) is 76.4 Å². The van der Waals surface area contributed by atoms with Crippen LogP contribution in [0.4, 0.5) is 5.82 Å². The summed E-state index contributed by atoms with van der Waals surface area (Å²) in [5.41, 5.74) is 2.94. The lowest BCUT2D eigenvalue weighted by atomic mass is 10.2. The number of ether oxygens (including phenoxy) is 2. The molecule has 1 amide bonds. The Bertz CT molecular complexity index is 1050. The first-order valence-corrected chi connectivity index (χ1v) is 11.0. The normalized spacial score (nSPS) is 14.3. The van der Waals surface area contributed by atoms with Gasteiger partial charge < -0.3 is 14.8 Å². The van der Waals surface area contributed by atoms with E-state index >= 15 is 0 Å². The first-order chi connectivity index (χ1) is 15.6. The number of hydrogen-bond acceptors (Lipinski definition) is 5. The number of aryl methyl sites for hydroxylation is 1. The van der Waals surface area contributed by atoms with Crippen molar-refractivity contribution in [3.63, 3.8) is 0 Å². The monoisotopic (exact) mass is 454 g/mol. The first-order valence-electron chi connectivity index (χ1n) is 10.7. The summed E-state index contributed by atoms with van der Waals surface area (Å²) in [6, 6.07) is 17.5. The largest absolute Gasteiger partial charge is 0.489 e. The number of halogens is 1. The van der Waals surface area contributed by atoms with Gasteiger partial charge >= 0.3 is 0 Å². The third-order valence-corrected chi connectivity index (χ3v) is 5.53. The molecule has 8 heteroatoms. The number of rotatable bonds is 8. The van der Waals surface area contributed by atoms with Gasteiger partial charge in [0.05, 0.1) is 26.3 Å². The third kappa shape index (κ3) is 6.09. The van der Waals surface area contributed by atoms with Gasteiger partial charge in [-0.1, -0.05) is 41.9 Å². The Hall–Kier alpha value is -2.87. The topological polar surface area (TPSA) is 68.6 Å². The molecular weight excluding hydrogens is 428 g/mol. The van der Waals surface area contributed by atoms with E-state index in [-0.39, 0.29) is 5.91 Å². The minimum atomic E-state index is -0.0776. The average Bonchev–Trinajstić information content (AvgIpc) is 3.13. The summed E-state index contributed by atoms with van der Waals surface area (Å²) in [6.45, 7) is 6.10. The number of morpholine rings is 1. The van der Waals surface area contributed by atoms with Crippen molar-refractivity contribution in [2.24, 2.45) is 0 Å². The Labute approximate surface area is 192 Å². The highest BCUT2D eigenvalue weighted by molar-refractivity contribution is 6.30. The van der Waals surface area contributed by atoms with Crippen LogP contribution in [-0.2, 0) is 22.7 Å². The number of hydrogen-bond donors (Lipinski definition) is 1. The predicted molar refractivity (Wildman–Crippen MR) is 124 cm³/mol. The fourth-order valence-electron chi connectivity index (χ4n) is 3.59. The van der Waals surface area contributed by atoms with Crippen LogP contribution < -0.4 is 10.1 Å². The molecule has 0 unspecified atom stereocenters. The number of anilines is 1. The van der Waals surface area contributed by atoms with Crippen LogP contribution in [0.15, 0.2) is 54.6 Å². The van der Waals surface area contributed by atoms with Crippen LogP contribution in [-0.4, -0.2) is 53.4 Å². The molecule has 1 aliphatic heterocycles. The van der Waals surface area contributed by atoms with Crippen LogP contribution in [0, 0.1) is 6.92 Å². The number of carbonyl (C=O) groups excluding carboxylic acids is 1. The summed E-state index contributed by atoms with van der Waals surface area (Å²) >= 11 is 6.25. The standard InChI is InChI=1S/C24H27ClN4O3/c1-18-13-23(26-24(30)16-28-9-11-31-12-10-28)27-29(18)15-20-14-21(25)7-8-22(20)32-17-19-5-3-2-4-6-19/h2-8,13-14H,9-12,15-17H2,1H3,(H,26,27,30). The van der Waals surface area contributed by atoms with Crippen molar-refractivity contribution in [2.75, 3.05) is 38.2 Å². The second-order valence-electron chi connectivity index (χ2n) is 7.79. The molecule has 0 spiro atoms. The van der Waals surface area contributed by atoms with Crippen molar-refractivity contribution >= 4 is 23.3 Å². The smallest absolute Gasteiger partial charge is 0.239 e. The summed E-state index contributed by atoms with van der Waals surface area (Å²) in [6.07, 6.45) is 0. The van der Waals surface area contributed by atoms with Gasteiger partial charge in [0.25, 0.3) is 0 Å². The van der Waals surface area contributed by atoms with Crippen molar-refractivity contribution in [2.45, 2.75) is 20.1 Å². The predicted octanol–water partition coefficient (Wildman–Crippen LogP) is 3.74. The molecule has 2 aromatic carbocycles. The highest BCUT2D eigenvalue weighted by atomic mass is 35.5. The number of benzene rings is 2. The first kappa shape index (κ1) is 22.3. The third-order valence-electron chi connectivity index (χ3n) is 5.30. The van der Waals surface area contributed by atoms with E-state index in [1.807, 2.05) is 66.2 Å². The highest BCUT2D eigenvalue weighted by Crippen LogP contribution is 2.25. The van der Waals surface area contributed by atoms with E-state index in [1.165, 1.54) is 0 Å². The van der Waals surface area contributed by atoms with E-state index in [1.54, 1.807) is 0 Å². The molecule has 0 aliphatic carbocycles. The molecule has 168 valence electrons. The molecular formula is C24H27ClN4O3. The Balaban J connectivity index is 1.42. The quantitative estimate of drug-likeness (QED) is 0.561. The van der Waals surface area contributed by atoms with Gasteiger partial charge in [-0.3, -0.25) is 14.4 Å². The maximum absolute atomic E-state index is 12.4. The molecule has 7 nitrogen and oxygen atoms in total. The summed E-state index contributed by atoms with van der Waals surface area (Å²) in [5.74, 6) is 1.21. The maximum atomic E-state index is 12.4. The minimum Gasteiger partial charge on any atom is -0.489 e. The van der Waals surface area contributed by atoms with Crippen LogP contribution in [0.2, 0.25) is 5.02 Å². The van der Waals surface area contributed by atoms with Gasteiger partial charge in [-0.25, -0.2) is 0 Å². The molecule has 0 bridgehead atoms. The molecule has 0 radical (unpaired) electrons. The zero-order valence-electron chi connectivity index (χ0n) is 18.1. The fraction of sp³-hybridized carbons (Fsp3) is 0.333. The van der Waals surface area contributed by atoms with E-state index in [9.17, 15) is 4.79 Å². The van der Waals surface area contributed by atoms with Crippen molar-refractivity contribution < 1.29 is 14.3 Å². The van der Waals surface area contributed by atoms with E-state index in [2.05, 4.69) is 15.3 Å². The second kappa shape index (κ2) is 10.6. The van der Waals surface area contributed by atoms with E-state index in [0.29, 0.717) is 43.8 Å². The molecule has 4 rings (SSSR count). The highest BCUT2D eigenvalue weighted by Gasteiger charge is 2.16. The van der Waals surface area contributed by atoms with Gasteiger partial charge in [-0.2, -0.15) is 5.10 Å². The van der Waals surface area contributed by atoms with Crippen LogP contribution in [0.1, 0.15) is 16.8 Å². The van der Waals surface area contributed by atoms with Crippen LogP contribution in [0.3, 0.4) is 0 Å². The number of nitrogens with one attached hydrogen (secondary N) is 1. The molecule has 1 saturated heterocycles. The summed E-state index contributed by atoms with van der Waals surface area (Å²) < 4.78 is 13.2. The minimum absolute atomic E-state index is 0.0776. The van der Waals surface area contributed by atoms with Gasteiger partial charge in [0.15, 0.2) is 5.82 Å². The van der Waals surface area contributed by atoms with E-state index < -0.39 is 0 Å².